The highest BCUT2D eigenvalue weighted by atomic mass is 16.5. The second kappa shape index (κ2) is 3.90. The molecule has 1 aromatic carbocycles. The average molecular weight is 205 g/mol. The first-order valence-electron chi connectivity index (χ1n) is 5.03. The minimum absolute atomic E-state index is 0.535. The summed E-state index contributed by atoms with van der Waals surface area (Å²) >= 11 is 0. The molecule has 0 saturated carbocycles. The number of benzene rings is 1. The molecule has 1 aliphatic rings. The molecule has 0 unspecified atom stereocenters. The minimum atomic E-state index is 0.535. The molecule has 1 saturated heterocycles. The summed E-state index contributed by atoms with van der Waals surface area (Å²) in [4.78, 5) is 4.42. The van der Waals surface area contributed by atoms with E-state index in [0.29, 0.717) is 12.5 Å². The van der Waals surface area contributed by atoms with E-state index in [9.17, 15) is 5.21 Å². The molecular formula is C11H15N3O. The van der Waals surface area contributed by atoms with Crippen LogP contribution in [0.5, 0.6) is 0 Å². The van der Waals surface area contributed by atoms with E-state index >= 15 is 0 Å². The Morgan fingerprint density at radius 3 is 2.53 bits per heavy atom. The van der Waals surface area contributed by atoms with Gasteiger partial charge in [-0.2, -0.15) is 0 Å². The molecule has 2 N–H and O–H groups in total. The Labute approximate surface area is 89.2 Å². The normalized spacial score (nSPS) is 18.3. The van der Waals surface area contributed by atoms with Crippen LogP contribution in [0.3, 0.4) is 0 Å². The number of guanidine groups is 1. The summed E-state index contributed by atoms with van der Waals surface area (Å²) in [6.45, 7) is 5.36. The quantitative estimate of drug-likeness (QED) is 0.732. The monoisotopic (exact) mass is 205 g/mol. The Bertz CT molecular complexity index is 381. The van der Waals surface area contributed by atoms with E-state index in [1.807, 2.05) is 32.0 Å². The lowest BCUT2D eigenvalue weighted by Gasteiger charge is -2.10. The third kappa shape index (κ3) is 1.94. The van der Waals surface area contributed by atoms with Crippen LogP contribution in [-0.4, -0.2) is 29.3 Å². The highest BCUT2D eigenvalue weighted by Gasteiger charge is 2.15. The molecule has 15 heavy (non-hydrogen) atoms. The van der Waals surface area contributed by atoms with Crippen molar-refractivity contribution in [2.45, 2.75) is 13.8 Å². The Morgan fingerprint density at radius 2 is 2.00 bits per heavy atom. The van der Waals surface area contributed by atoms with Gasteiger partial charge < -0.3 is 5.32 Å². The molecule has 1 aliphatic heterocycles. The molecule has 0 spiro atoms. The van der Waals surface area contributed by atoms with Gasteiger partial charge in [-0.15, -0.1) is 0 Å². The van der Waals surface area contributed by atoms with Crippen molar-refractivity contribution in [2.75, 3.05) is 13.1 Å². The molecule has 1 heterocycles. The average Bonchev–Trinajstić information content (AvgIpc) is 2.58. The zero-order valence-electron chi connectivity index (χ0n) is 8.99. The standard InChI is InChI=1S/C11H15N3O/c1-8-4-3-5-9(2)10(8)13-11-12-6-7-14(11)15/h3-5,15H,6-7H2,1-2H3,(H,12,13). The molecule has 1 aromatic rings. The summed E-state index contributed by atoms with van der Waals surface area (Å²) in [5.41, 5.74) is 3.16. The summed E-state index contributed by atoms with van der Waals surface area (Å²) in [7, 11) is 0. The van der Waals surface area contributed by atoms with Crippen molar-refractivity contribution >= 4 is 11.6 Å². The summed E-state index contributed by atoms with van der Waals surface area (Å²) < 4.78 is 0. The zero-order chi connectivity index (χ0) is 10.8. The van der Waals surface area contributed by atoms with E-state index < -0.39 is 0 Å². The SMILES string of the molecule is Cc1cccc(C)c1/N=C1\NCCN1O. The van der Waals surface area contributed by atoms with Crippen molar-refractivity contribution in [3.63, 3.8) is 0 Å². The number of aliphatic imine (C=N–C) groups is 1. The van der Waals surface area contributed by atoms with Gasteiger partial charge in [0.1, 0.15) is 0 Å². The molecule has 0 radical (unpaired) electrons. The first-order chi connectivity index (χ1) is 7.18. The lowest BCUT2D eigenvalue weighted by molar-refractivity contribution is -0.00126. The van der Waals surface area contributed by atoms with E-state index in [0.717, 1.165) is 28.4 Å². The van der Waals surface area contributed by atoms with Gasteiger partial charge in [0, 0.05) is 6.54 Å². The number of hydroxylamine groups is 2. The van der Waals surface area contributed by atoms with Crippen LogP contribution >= 0.6 is 0 Å². The lowest BCUT2D eigenvalue weighted by atomic mass is 10.1. The maximum absolute atomic E-state index is 9.47. The van der Waals surface area contributed by atoms with Crippen LogP contribution in [0.25, 0.3) is 0 Å². The first kappa shape index (κ1) is 9.98. The first-order valence-corrected chi connectivity index (χ1v) is 5.03. The van der Waals surface area contributed by atoms with Crippen LogP contribution in [-0.2, 0) is 0 Å². The molecule has 0 amide bonds. The number of rotatable bonds is 1. The predicted molar refractivity (Wildman–Crippen MR) is 59.5 cm³/mol. The van der Waals surface area contributed by atoms with E-state index in [1.54, 1.807) is 0 Å². The van der Waals surface area contributed by atoms with Crippen LogP contribution in [0.1, 0.15) is 11.1 Å². The van der Waals surface area contributed by atoms with E-state index in [-0.39, 0.29) is 0 Å². The van der Waals surface area contributed by atoms with Gasteiger partial charge >= 0.3 is 0 Å². The maximum Gasteiger partial charge on any atom is 0.223 e. The van der Waals surface area contributed by atoms with Crippen molar-refractivity contribution in [3.8, 4) is 0 Å². The molecule has 80 valence electrons. The summed E-state index contributed by atoms with van der Waals surface area (Å²) in [6.07, 6.45) is 0. The summed E-state index contributed by atoms with van der Waals surface area (Å²) in [5, 5.41) is 13.7. The molecule has 4 nitrogen and oxygen atoms in total. The van der Waals surface area contributed by atoms with Crippen LogP contribution in [0.4, 0.5) is 5.69 Å². The third-order valence-electron chi connectivity index (χ3n) is 2.51. The van der Waals surface area contributed by atoms with Gasteiger partial charge in [0.25, 0.3) is 0 Å². The fourth-order valence-corrected chi connectivity index (χ4v) is 1.66. The van der Waals surface area contributed by atoms with E-state index in [1.165, 1.54) is 0 Å². The van der Waals surface area contributed by atoms with Crippen molar-refractivity contribution in [1.29, 1.82) is 0 Å². The van der Waals surface area contributed by atoms with Crippen LogP contribution in [0.2, 0.25) is 0 Å². The minimum Gasteiger partial charge on any atom is -0.352 e. The highest BCUT2D eigenvalue weighted by Crippen LogP contribution is 2.23. The van der Waals surface area contributed by atoms with Gasteiger partial charge in [-0.25, -0.2) is 10.1 Å². The van der Waals surface area contributed by atoms with Gasteiger partial charge in [0.15, 0.2) is 0 Å². The van der Waals surface area contributed by atoms with Crippen LogP contribution in [0.15, 0.2) is 23.2 Å². The maximum atomic E-state index is 9.47. The van der Waals surface area contributed by atoms with E-state index in [4.69, 9.17) is 0 Å². The number of hydrogen-bond donors (Lipinski definition) is 2. The molecule has 1 fully saturated rings. The summed E-state index contributed by atoms with van der Waals surface area (Å²) in [5.74, 6) is 0.535. The van der Waals surface area contributed by atoms with Crippen LogP contribution in [0, 0.1) is 13.8 Å². The van der Waals surface area contributed by atoms with Crippen molar-refractivity contribution < 1.29 is 5.21 Å². The van der Waals surface area contributed by atoms with E-state index in [2.05, 4.69) is 10.3 Å². The lowest BCUT2D eigenvalue weighted by Crippen LogP contribution is -2.26. The second-order valence-corrected chi connectivity index (χ2v) is 3.73. The van der Waals surface area contributed by atoms with Gasteiger partial charge in [0.2, 0.25) is 5.96 Å². The number of nitrogens with one attached hydrogen (secondary N) is 1. The summed E-state index contributed by atoms with van der Waals surface area (Å²) in [6, 6.07) is 6.04. The fourth-order valence-electron chi connectivity index (χ4n) is 1.66. The number of nitrogens with zero attached hydrogens (tertiary/aromatic N) is 2. The number of aryl methyl sites for hydroxylation is 2. The molecular weight excluding hydrogens is 190 g/mol. The van der Waals surface area contributed by atoms with Crippen molar-refractivity contribution in [2.24, 2.45) is 4.99 Å². The third-order valence-corrected chi connectivity index (χ3v) is 2.51. The van der Waals surface area contributed by atoms with Gasteiger partial charge in [-0.05, 0) is 25.0 Å². The molecule has 0 aliphatic carbocycles. The Morgan fingerprint density at radius 1 is 1.33 bits per heavy atom. The molecule has 2 rings (SSSR count). The number of hydrogen-bond acceptors (Lipinski definition) is 2. The highest BCUT2D eigenvalue weighted by molar-refractivity contribution is 5.84. The topological polar surface area (TPSA) is 47.9 Å². The molecule has 0 bridgehead atoms. The molecule has 4 heteroatoms. The molecule has 0 aromatic heterocycles. The molecule has 0 atom stereocenters. The van der Waals surface area contributed by atoms with Gasteiger partial charge in [-0.3, -0.25) is 5.21 Å². The van der Waals surface area contributed by atoms with Gasteiger partial charge in [-0.1, -0.05) is 18.2 Å². The Kier molecular flexibility index (Phi) is 2.60. The number of para-hydroxylation sites is 1. The predicted octanol–water partition coefficient (Wildman–Crippen LogP) is 1.59. The largest absolute Gasteiger partial charge is 0.352 e. The smallest absolute Gasteiger partial charge is 0.223 e. The van der Waals surface area contributed by atoms with Gasteiger partial charge in [0.05, 0.1) is 12.2 Å². The Balaban J connectivity index is 2.38. The van der Waals surface area contributed by atoms with Crippen LogP contribution < -0.4 is 5.32 Å². The van der Waals surface area contributed by atoms with Crippen molar-refractivity contribution in [3.05, 3.63) is 29.3 Å². The Hall–Kier alpha value is -1.55. The second-order valence-electron chi connectivity index (χ2n) is 3.73. The fraction of sp³-hybridized carbons (Fsp3) is 0.364. The van der Waals surface area contributed by atoms with Crippen molar-refractivity contribution in [1.82, 2.24) is 10.4 Å². The zero-order valence-corrected chi connectivity index (χ0v) is 8.99.